The molecule has 2 aromatic heterocycles. The van der Waals surface area contributed by atoms with Crippen LogP contribution in [0, 0.1) is 11.8 Å². The molecule has 11 rings (SSSR count). The number of para-hydroxylation sites is 2. The molecule has 10 nitrogen and oxygen atoms in total. The van der Waals surface area contributed by atoms with E-state index in [2.05, 4.69) is 44.0 Å². The maximum absolute atomic E-state index is 14.0. The third-order valence-electron chi connectivity index (χ3n) is 14.2. The van der Waals surface area contributed by atoms with Crippen molar-refractivity contribution in [3.63, 3.8) is 0 Å². The predicted octanol–water partition coefficient (Wildman–Crippen LogP) is 8.58. The Bertz CT molecular complexity index is 2170. The normalized spacial score (nSPS) is 23.6. The van der Waals surface area contributed by atoms with Crippen molar-refractivity contribution in [3.8, 4) is 0 Å². The van der Waals surface area contributed by atoms with Crippen LogP contribution in [-0.2, 0) is 32.0 Å². The Morgan fingerprint density at radius 1 is 0.475 bits per heavy atom. The zero-order valence-corrected chi connectivity index (χ0v) is 35.0. The number of nitrogens with one attached hydrogen (secondary N) is 2. The van der Waals surface area contributed by atoms with Crippen LogP contribution in [-0.4, -0.2) is 93.5 Å². The number of fused-ring (bicyclic) bond motifs is 4. The Hall–Kier alpha value is -5.12. The predicted molar refractivity (Wildman–Crippen MR) is 233 cm³/mol. The quantitative estimate of drug-likeness (QED) is 0.173. The van der Waals surface area contributed by atoms with Gasteiger partial charge in [-0.3, -0.25) is 29.0 Å². The molecule has 59 heavy (non-hydrogen) atoms. The molecule has 0 radical (unpaired) electrons. The summed E-state index contributed by atoms with van der Waals surface area (Å²) in [5, 5.41) is 2.03. The topological polar surface area (TPSA) is 113 Å². The van der Waals surface area contributed by atoms with Crippen molar-refractivity contribution >= 4 is 56.6 Å². The van der Waals surface area contributed by atoms with Gasteiger partial charge in [0.2, 0.25) is 0 Å². The molecule has 9 heterocycles. The number of piperidine rings is 2. The molecular weight excluding hydrogens is 737 g/mol. The van der Waals surface area contributed by atoms with E-state index in [-0.39, 0.29) is 23.6 Å². The number of aromatic nitrogens is 2. The number of carbonyl (C=O) groups excluding carboxylic acids is 4. The molecule has 7 aliphatic rings. The molecule has 4 aromatic rings. The van der Waals surface area contributed by atoms with Crippen molar-refractivity contribution in [2.24, 2.45) is 11.8 Å². The van der Waals surface area contributed by atoms with Crippen molar-refractivity contribution in [1.29, 1.82) is 0 Å². The number of amides is 4. The third-order valence-corrected chi connectivity index (χ3v) is 14.2. The van der Waals surface area contributed by atoms with Gasteiger partial charge >= 0.3 is 0 Å². The minimum atomic E-state index is -0.201. The van der Waals surface area contributed by atoms with Crippen LogP contribution >= 0.6 is 0 Å². The molecule has 4 bridgehead atoms. The number of likely N-dealkylation sites (N-methyl/N-ethyl adjacent to an activating group) is 2. The van der Waals surface area contributed by atoms with Crippen LogP contribution < -0.4 is 0 Å². The molecule has 2 aromatic carbocycles. The number of H-pyrrole nitrogens is 2. The smallest absolute Gasteiger partial charge is 0.277 e. The first-order valence-corrected chi connectivity index (χ1v) is 22.6. The highest BCUT2D eigenvalue weighted by atomic mass is 16.2. The van der Waals surface area contributed by atoms with E-state index in [1.54, 1.807) is 14.1 Å². The van der Waals surface area contributed by atoms with Crippen molar-refractivity contribution in [2.45, 2.75) is 109 Å². The van der Waals surface area contributed by atoms with Gasteiger partial charge in [0.1, 0.15) is 11.4 Å². The summed E-state index contributed by atoms with van der Waals surface area (Å²) in [6, 6.07) is 16.4. The molecule has 0 spiro atoms. The van der Waals surface area contributed by atoms with Gasteiger partial charge in [-0.25, -0.2) is 0 Å². The summed E-state index contributed by atoms with van der Waals surface area (Å²) in [5.41, 5.74) is 8.28. The molecule has 0 atom stereocenters. The zero-order chi connectivity index (χ0) is 40.6. The third kappa shape index (κ3) is 7.41. The first kappa shape index (κ1) is 39.3. The minimum Gasteiger partial charge on any atom is -0.366 e. The van der Waals surface area contributed by atoms with Crippen LogP contribution in [0.3, 0.4) is 0 Å². The van der Waals surface area contributed by atoms with E-state index in [0.717, 1.165) is 141 Å². The molecule has 7 aliphatic heterocycles. The summed E-state index contributed by atoms with van der Waals surface area (Å²) in [4.78, 5) is 70.2. The molecule has 0 unspecified atom stereocenters. The van der Waals surface area contributed by atoms with Crippen LogP contribution in [0.4, 0.5) is 0 Å². The summed E-state index contributed by atoms with van der Waals surface area (Å²) in [6.07, 6.45) is 18.3. The number of imide groups is 2. The molecule has 0 aliphatic carbocycles. The Morgan fingerprint density at radius 2 is 0.831 bits per heavy atom. The maximum Gasteiger partial charge on any atom is 0.277 e. The number of rotatable bonds is 0. The molecule has 2 saturated heterocycles. The largest absolute Gasteiger partial charge is 0.366 e. The standard InChI is InChI=1S/C49H60N6O4/c1-52-46(56)42-40-34-17-13-15-19-36(34)50-38(40)21-11-9-7-5-3-4-6-8-10-12-22-39-41(35-18-14-16-20-37(35)51-39)43-45(49(59)53(2)47(43)57)55-29-25-33(26-30-55)31-32-23-27-54(28-24-32)44(42)48(52)58/h13-20,32-33,50-51H,3-12,21-31H2,1-2H3. The first-order chi connectivity index (χ1) is 28.8. The Labute approximate surface area is 348 Å². The van der Waals surface area contributed by atoms with E-state index in [4.69, 9.17) is 0 Å². The summed E-state index contributed by atoms with van der Waals surface area (Å²) in [6.45, 7) is 3.00. The number of benzene rings is 2. The van der Waals surface area contributed by atoms with Crippen LogP contribution in [0.1, 0.15) is 119 Å². The van der Waals surface area contributed by atoms with E-state index in [1.165, 1.54) is 48.3 Å². The average Bonchev–Trinajstić information content (AvgIpc) is 3.93. The fourth-order valence-corrected chi connectivity index (χ4v) is 10.9. The Morgan fingerprint density at radius 3 is 1.22 bits per heavy atom. The SMILES string of the molecule is CN1C(=O)C2=C(C1=O)N1CCC(CC1)CC1CCN(CC1)C1=C(C(=O)N(C)C1=O)c1c([nH]c3ccccc13)CCCCCCCCCCCCc1[nH]c3ccccc3c12. The van der Waals surface area contributed by atoms with Gasteiger partial charge in [-0.05, 0) is 81.8 Å². The average molecular weight is 797 g/mol. The second kappa shape index (κ2) is 16.9. The lowest BCUT2D eigenvalue weighted by Gasteiger charge is -2.38. The number of hydrogen-bond donors (Lipinski definition) is 2. The van der Waals surface area contributed by atoms with Crippen molar-refractivity contribution in [2.75, 3.05) is 40.3 Å². The second-order valence-corrected chi connectivity index (χ2v) is 18.0. The van der Waals surface area contributed by atoms with Crippen LogP contribution in [0.2, 0.25) is 0 Å². The van der Waals surface area contributed by atoms with Gasteiger partial charge in [0, 0.05) is 84.6 Å². The number of nitrogens with zero attached hydrogens (tertiary/aromatic N) is 4. The number of carbonyl (C=O) groups is 4. The van der Waals surface area contributed by atoms with Gasteiger partial charge in [0.05, 0.1) is 11.1 Å². The molecule has 2 fully saturated rings. The fraction of sp³-hybridized carbons (Fsp3) is 0.510. The summed E-state index contributed by atoms with van der Waals surface area (Å²) < 4.78 is 0. The lowest BCUT2D eigenvalue weighted by molar-refractivity contribution is -0.137. The molecule has 0 saturated carbocycles. The van der Waals surface area contributed by atoms with Crippen LogP contribution in [0.15, 0.2) is 59.9 Å². The van der Waals surface area contributed by atoms with Gasteiger partial charge in [-0.1, -0.05) is 87.8 Å². The maximum atomic E-state index is 14.0. The van der Waals surface area contributed by atoms with Gasteiger partial charge in [-0.15, -0.1) is 0 Å². The molecule has 4 amide bonds. The monoisotopic (exact) mass is 796 g/mol. The fourth-order valence-electron chi connectivity index (χ4n) is 10.9. The molecule has 310 valence electrons. The lowest BCUT2D eigenvalue weighted by atomic mass is 9.82. The number of aromatic amines is 2. The van der Waals surface area contributed by atoms with Crippen molar-refractivity contribution < 1.29 is 19.2 Å². The lowest BCUT2D eigenvalue weighted by Crippen LogP contribution is -2.40. The highest BCUT2D eigenvalue weighted by Gasteiger charge is 2.44. The molecular formula is C49H60N6O4. The van der Waals surface area contributed by atoms with Crippen LogP contribution in [0.25, 0.3) is 33.0 Å². The minimum absolute atomic E-state index is 0.193. The van der Waals surface area contributed by atoms with E-state index < -0.39 is 0 Å². The Kier molecular flexibility index (Phi) is 11.2. The molecule has 2 N–H and O–H groups in total. The summed E-state index contributed by atoms with van der Waals surface area (Å²) in [7, 11) is 3.26. The molecule has 10 heteroatoms. The Balaban J connectivity index is 0.983. The first-order valence-electron chi connectivity index (χ1n) is 22.6. The van der Waals surface area contributed by atoms with E-state index in [0.29, 0.717) is 34.4 Å². The second-order valence-electron chi connectivity index (χ2n) is 18.0. The van der Waals surface area contributed by atoms with Gasteiger partial charge in [0.25, 0.3) is 23.6 Å². The number of aryl methyl sites for hydroxylation is 2. The highest BCUT2D eigenvalue weighted by molar-refractivity contribution is 6.38. The zero-order valence-electron chi connectivity index (χ0n) is 35.0. The highest BCUT2D eigenvalue weighted by Crippen LogP contribution is 2.42. The summed E-state index contributed by atoms with van der Waals surface area (Å²) in [5.74, 6) is 0.269. The van der Waals surface area contributed by atoms with Gasteiger partial charge in [0.15, 0.2) is 0 Å². The van der Waals surface area contributed by atoms with E-state index in [9.17, 15) is 19.2 Å². The van der Waals surface area contributed by atoms with Crippen LogP contribution in [0.5, 0.6) is 0 Å². The number of hydrogen-bond acceptors (Lipinski definition) is 6. The van der Waals surface area contributed by atoms with Crippen molar-refractivity contribution in [3.05, 3.63) is 82.4 Å². The van der Waals surface area contributed by atoms with Crippen molar-refractivity contribution in [1.82, 2.24) is 29.6 Å². The van der Waals surface area contributed by atoms with E-state index >= 15 is 0 Å². The van der Waals surface area contributed by atoms with Gasteiger partial charge < -0.3 is 19.8 Å². The van der Waals surface area contributed by atoms with E-state index in [1.807, 2.05) is 24.3 Å². The summed E-state index contributed by atoms with van der Waals surface area (Å²) >= 11 is 0. The van der Waals surface area contributed by atoms with Gasteiger partial charge in [-0.2, -0.15) is 0 Å².